The van der Waals surface area contributed by atoms with Gasteiger partial charge in [-0.1, -0.05) is 43.0 Å². The lowest BCUT2D eigenvalue weighted by atomic mass is 10.0. The number of rotatable bonds is 4. The average molecular weight is 222 g/mol. The number of ketones is 1. The molecule has 0 aromatic heterocycles. The number of carbonyl (C=O) groups excluding carboxylic acids is 1. The highest BCUT2D eigenvalue weighted by atomic mass is 16.1. The first-order valence-corrected chi connectivity index (χ1v) is 5.55. The molecule has 0 amide bonds. The normalized spacial score (nSPS) is 10.1. The lowest BCUT2D eigenvalue weighted by molar-refractivity contribution is 0.104. The van der Waals surface area contributed by atoms with Gasteiger partial charge in [0, 0.05) is 5.56 Å². The topological polar surface area (TPSA) is 17.1 Å². The molecular formula is C16H14O. The summed E-state index contributed by atoms with van der Waals surface area (Å²) < 4.78 is 0. The van der Waals surface area contributed by atoms with Crippen molar-refractivity contribution in [2.45, 2.75) is 6.42 Å². The van der Waals surface area contributed by atoms with Crippen LogP contribution in [-0.4, -0.2) is 5.78 Å². The monoisotopic (exact) mass is 222 g/mol. The quantitative estimate of drug-likeness (QED) is 0.435. The van der Waals surface area contributed by atoms with E-state index < -0.39 is 0 Å². The second kappa shape index (κ2) is 4.79. The van der Waals surface area contributed by atoms with E-state index in [2.05, 4.69) is 25.3 Å². The van der Waals surface area contributed by atoms with Gasteiger partial charge >= 0.3 is 0 Å². The van der Waals surface area contributed by atoms with Crippen LogP contribution in [0.25, 0.3) is 10.8 Å². The van der Waals surface area contributed by atoms with Crippen LogP contribution in [0.15, 0.2) is 61.7 Å². The summed E-state index contributed by atoms with van der Waals surface area (Å²) in [4.78, 5) is 11.5. The van der Waals surface area contributed by atoms with E-state index in [1.54, 1.807) is 0 Å². The third kappa shape index (κ3) is 2.34. The summed E-state index contributed by atoms with van der Waals surface area (Å²) in [6.07, 6.45) is 4.09. The third-order valence-corrected chi connectivity index (χ3v) is 2.75. The fourth-order valence-corrected chi connectivity index (χ4v) is 1.86. The molecule has 2 rings (SSSR count). The molecule has 0 N–H and O–H groups in total. The minimum Gasteiger partial charge on any atom is -0.289 e. The highest BCUT2D eigenvalue weighted by Gasteiger charge is 2.02. The minimum absolute atomic E-state index is 0.0398. The molecule has 1 heteroatoms. The van der Waals surface area contributed by atoms with Crippen molar-refractivity contribution in [3.8, 4) is 0 Å². The van der Waals surface area contributed by atoms with Gasteiger partial charge in [0.2, 0.25) is 0 Å². The molecule has 0 saturated carbocycles. The summed E-state index contributed by atoms with van der Waals surface area (Å²) in [5.74, 6) is -0.0398. The molecule has 0 aliphatic rings. The Kier molecular flexibility index (Phi) is 3.20. The smallest absolute Gasteiger partial charge is 0.185 e. The lowest BCUT2D eigenvalue weighted by Gasteiger charge is -2.03. The van der Waals surface area contributed by atoms with Crippen LogP contribution in [0.3, 0.4) is 0 Å². The van der Waals surface area contributed by atoms with Crippen molar-refractivity contribution < 1.29 is 4.79 Å². The Hall–Kier alpha value is -2.15. The molecule has 0 radical (unpaired) electrons. The van der Waals surface area contributed by atoms with Gasteiger partial charge in [0.25, 0.3) is 0 Å². The van der Waals surface area contributed by atoms with E-state index in [9.17, 15) is 4.79 Å². The van der Waals surface area contributed by atoms with Crippen LogP contribution in [0.2, 0.25) is 0 Å². The van der Waals surface area contributed by atoms with Crippen LogP contribution in [-0.2, 0) is 6.42 Å². The Labute approximate surface area is 101 Å². The molecule has 0 aliphatic heterocycles. The first-order chi connectivity index (χ1) is 8.24. The maximum atomic E-state index is 11.5. The first-order valence-electron chi connectivity index (χ1n) is 5.55. The van der Waals surface area contributed by atoms with E-state index in [0.29, 0.717) is 5.56 Å². The number of fused-ring (bicyclic) bond motifs is 1. The summed E-state index contributed by atoms with van der Waals surface area (Å²) in [7, 11) is 0. The van der Waals surface area contributed by atoms with Crippen molar-refractivity contribution in [1.29, 1.82) is 0 Å². The lowest BCUT2D eigenvalue weighted by Crippen LogP contribution is -1.93. The Morgan fingerprint density at radius 3 is 2.47 bits per heavy atom. The van der Waals surface area contributed by atoms with Crippen molar-refractivity contribution in [2.24, 2.45) is 0 Å². The highest BCUT2D eigenvalue weighted by Crippen LogP contribution is 2.19. The van der Waals surface area contributed by atoms with Gasteiger partial charge in [-0.15, -0.1) is 6.58 Å². The van der Waals surface area contributed by atoms with Crippen LogP contribution in [0.1, 0.15) is 15.9 Å². The predicted octanol–water partition coefficient (Wildman–Crippen LogP) is 3.94. The SMILES string of the molecule is C=CCc1ccc2cc(C(=O)C=C)ccc2c1. The second-order valence-corrected chi connectivity index (χ2v) is 3.96. The van der Waals surface area contributed by atoms with Gasteiger partial charge < -0.3 is 0 Å². The Morgan fingerprint density at radius 2 is 1.76 bits per heavy atom. The van der Waals surface area contributed by atoms with Gasteiger partial charge in [-0.3, -0.25) is 4.79 Å². The molecule has 0 saturated heterocycles. The van der Waals surface area contributed by atoms with Gasteiger partial charge in [0.1, 0.15) is 0 Å². The minimum atomic E-state index is -0.0398. The van der Waals surface area contributed by atoms with Crippen LogP contribution in [0, 0.1) is 0 Å². The first kappa shape index (κ1) is 11.3. The van der Waals surface area contributed by atoms with E-state index in [4.69, 9.17) is 0 Å². The fourth-order valence-electron chi connectivity index (χ4n) is 1.86. The fraction of sp³-hybridized carbons (Fsp3) is 0.0625. The molecule has 0 fully saturated rings. The van der Waals surface area contributed by atoms with Gasteiger partial charge in [0.15, 0.2) is 5.78 Å². The number of carbonyl (C=O) groups is 1. The van der Waals surface area contributed by atoms with E-state index in [0.717, 1.165) is 17.2 Å². The molecule has 0 atom stereocenters. The van der Waals surface area contributed by atoms with Crippen LogP contribution >= 0.6 is 0 Å². The maximum Gasteiger partial charge on any atom is 0.185 e. The van der Waals surface area contributed by atoms with Crippen molar-refractivity contribution in [2.75, 3.05) is 0 Å². The zero-order valence-corrected chi connectivity index (χ0v) is 9.65. The summed E-state index contributed by atoms with van der Waals surface area (Å²) in [5, 5.41) is 2.22. The molecule has 2 aromatic carbocycles. The molecule has 0 bridgehead atoms. The second-order valence-electron chi connectivity index (χ2n) is 3.96. The van der Waals surface area contributed by atoms with Crippen molar-refractivity contribution >= 4 is 16.6 Å². The summed E-state index contributed by atoms with van der Waals surface area (Å²) in [5.41, 5.74) is 1.92. The zero-order chi connectivity index (χ0) is 12.3. The molecule has 1 nitrogen and oxygen atoms in total. The van der Waals surface area contributed by atoms with Gasteiger partial charge in [-0.2, -0.15) is 0 Å². The molecule has 0 heterocycles. The molecular weight excluding hydrogens is 208 g/mol. The maximum absolute atomic E-state index is 11.5. The molecule has 0 unspecified atom stereocenters. The summed E-state index contributed by atoms with van der Waals surface area (Å²) >= 11 is 0. The Balaban J connectivity index is 2.49. The number of allylic oxidation sites excluding steroid dienone is 2. The van der Waals surface area contributed by atoms with Gasteiger partial charge in [0.05, 0.1) is 0 Å². The number of benzene rings is 2. The molecule has 2 aromatic rings. The Bertz CT molecular complexity index is 593. The zero-order valence-electron chi connectivity index (χ0n) is 9.65. The van der Waals surface area contributed by atoms with Gasteiger partial charge in [-0.25, -0.2) is 0 Å². The van der Waals surface area contributed by atoms with Crippen LogP contribution < -0.4 is 0 Å². The molecule has 17 heavy (non-hydrogen) atoms. The number of hydrogen-bond donors (Lipinski definition) is 0. The van der Waals surface area contributed by atoms with E-state index in [1.165, 1.54) is 11.6 Å². The van der Waals surface area contributed by atoms with E-state index in [1.807, 2.05) is 30.3 Å². The van der Waals surface area contributed by atoms with E-state index >= 15 is 0 Å². The predicted molar refractivity (Wildman–Crippen MR) is 72.4 cm³/mol. The van der Waals surface area contributed by atoms with Crippen molar-refractivity contribution in [3.63, 3.8) is 0 Å². The molecule has 84 valence electrons. The average Bonchev–Trinajstić information content (AvgIpc) is 2.37. The summed E-state index contributed by atoms with van der Waals surface area (Å²) in [6, 6.07) is 11.9. The van der Waals surface area contributed by atoms with Crippen molar-refractivity contribution in [3.05, 3.63) is 72.8 Å². The Morgan fingerprint density at radius 1 is 1.06 bits per heavy atom. The van der Waals surface area contributed by atoms with Crippen LogP contribution in [0.5, 0.6) is 0 Å². The van der Waals surface area contributed by atoms with Gasteiger partial charge in [-0.05, 0) is 34.9 Å². The largest absolute Gasteiger partial charge is 0.289 e. The standard InChI is InChI=1S/C16H14O/c1-3-5-12-6-7-14-11-15(16(17)4-2)9-8-13(14)10-12/h3-4,6-11H,1-2,5H2. The third-order valence-electron chi connectivity index (χ3n) is 2.75. The molecule has 0 spiro atoms. The molecule has 0 aliphatic carbocycles. The van der Waals surface area contributed by atoms with E-state index in [-0.39, 0.29) is 5.78 Å². The summed E-state index contributed by atoms with van der Waals surface area (Å²) in [6.45, 7) is 7.22. The van der Waals surface area contributed by atoms with Crippen molar-refractivity contribution in [1.82, 2.24) is 0 Å². The highest BCUT2D eigenvalue weighted by molar-refractivity contribution is 6.06. The number of hydrogen-bond acceptors (Lipinski definition) is 1. The van der Waals surface area contributed by atoms with Crippen LogP contribution in [0.4, 0.5) is 0 Å².